The van der Waals surface area contributed by atoms with E-state index in [9.17, 15) is 26.4 Å². The van der Waals surface area contributed by atoms with Gasteiger partial charge in [0.25, 0.3) is 0 Å². The lowest BCUT2D eigenvalue weighted by molar-refractivity contribution is -0.134. The van der Waals surface area contributed by atoms with Crippen LogP contribution in [-0.2, 0) is 36.1 Å². The second kappa shape index (κ2) is 13.2. The van der Waals surface area contributed by atoms with E-state index < -0.39 is 32.0 Å². The van der Waals surface area contributed by atoms with Crippen LogP contribution in [0, 0.1) is 5.92 Å². The molecule has 3 aliphatic heterocycles. The van der Waals surface area contributed by atoms with Gasteiger partial charge in [-0.15, -0.1) is 0 Å². The number of rotatable bonds is 9. The van der Waals surface area contributed by atoms with Gasteiger partial charge in [0.2, 0.25) is 20.0 Å². The molecule has 2 fully saturated rings. The minimum atomic E-state index is -3.44. The summed E-state index contributed by atoms with van der Waals surface area (Å²) in [6, 6.07) is 6.50. The summed E-state index contributed by atoms with van der Waals surface area (Å²) in [5, 5.41) is 15.6. The first-order chi connectivity index (χ1) is 18.3. The zero-order valence-corrected chi connectivity index (χ0v) is 23.8. The van der Waals surface area contributed by atoms with Crippen LogP contribution in [0.5, 0.6) is 5.75 Å². The highest BCUT2D eigenvalue weighted by Gasteiger charge is 2.45. The number of methoxy groups -OCH3 is 1. The van der Waals surface area contributed by atoms with Crippen LogP contribution in [0.1, 0.15) is 42.9 Å². The number of ether oxygens (including phenoxy) is 1. The van der Waals surface area contributed by atoms with Crippen molar-refractivity contribution < 1.29 is 41.4 Å². The molecule has 0 aliphatic carbocycles. The molecule has 1 aromatic carbocycles. The lowest BCUT2D eigenvalue weighted by Crippen LogP contribution is -2.57. The molecule has 39 heavy (non-hydrogen) atoms. The maximum Gasteiger partial charge on any atom is 0.328 e. The van der Waals surface area contributed by atoms with Crippen LogP contribution in [0.2, 0.25) is 0 Å². The van der Waals surface area contributed by atoms with Crippen LogP contribution >= 0.6 is 0 Å². The third-order valence-electron chi connectivity index (χ3n) is 7.29. The summed E-state index contributed by atoms with van der Waals surface area (Å²) < 4.78 is 58.3. The Morgan fingerprint density at radius 1 is 1.13 bits per heavy atom. The van der Waals surface area contributed by atoms with E-state index in [0.29, 0.717) is 24.6 Å². The fraction of sp³-hybridized carbons (Fsp3) is 0.600. The van der Waals surface area contributed by atoms with Gasteiger partial charge in [-0.05, 0) is 61.3 Å². The van der Waals surface area contributed by atoms with Crippen LogP contribution < -0.4 is 9.46 Å². The van der Waals surface area contributed by atoms with Crippen molar-refractivity contribution in [3.05, 3.63) is 41.5 Å². The molecule has 2 saturated heterocycles. The molecule has 4 rings (SSSR count). The summed E-state index contributed by atoms with van der Waals surface area (Å²) in [5.41, 5.74) is 2.60. The number of sulfonamides is 2. The van der Waals surface area contributed by atoms with Crippen molar-refractivity contribution in [3.8, 4) is 5.75 Å². The zero-order valence-electron chi connectivity index (χ0n) is 22.2. The first-order valence-electron chi connectivity index (χ1n) is 12.8. The molecule has 1 aromatic rings. The first-order valence-corrected chi connectivity index (χ1v) is 16.3. The summed E-state index contributed by atoms with van der Waals surface area (Å²) >= 11 is 0. The SMILES string of the molecule is COc1ccc2c(c1)CCN1C[C@H]3CCCN(S(=O)(=O)CCCNS(C)(=O)=O)[C@H]3C[C@@H]21.O=C(O)C=CC(=O)O. The van der Waals surface area contributed by atoms with Gasteiger partial charge in [0.1, 0.15) is 5.75 Å². The lowest BCUT2D eigenvalue weighted by Gasteiger charge is -2.51. The summed E-state index contributed by atoms with van der Waals surface area (Å²) in [7, 11) is -5.06. The van der Waals surface area contributed by atoms with Crippen molar-refractivity contribution in [2.45, 2.75) is 44.2 Å². The number of nitrogens with zero attached hydrogens (tertiary/aromatic N) is 2. The molecule has 3 N–H and O–H groups in total. The van der Waals surface area contributed by atoms with Crippen LogP contribution in [0.15, 0.2) is 30.4 Å². The Hall–Kier alpha value is -2.52. The molecule has 218 valence electrons. The number of carbonyl (C=O) groups is 2. The lowest BCUT2D eigenvalue weighted by atomic mass is 9.77. The van der Waals surface area contributed by atoms with E-state index in [-0.39, 0.29) is 30.8 Å². The topological polar surface area (TPSA) is 171 Å². The highest BCUT2D eigenvalue weighted by molar-refractivity contribution is 7.89. The first kappa shape index (κ1) is 31.0. The molecule has 0 saturated carbocycles. The van der Waals surface area contributed by atoms with Crippen molar-refractivity contribution in [2.24, 2.45) is 5.92 Å². The fourth-order valence-corrected chi connectivity index (χ4v) is 7.97. The van der Waals surface area contributed by atoms with E-state index in [1.165, 1.54) is 11.1 Å². The number of hydrogen-bond acceptors (Lipinski definition) is 8. The quantitative estimate of drug-likeness (QED) is 0.280. The average Bonchev–Trinajstić information content (AvgIpc) is 2.88. The third kappa shape index (κ3) is 8.73. The smallest absolute Gasteiger partial charge is 0.328 e. The Morgan fingerprint density at radius 2 is 1.82 bits per heavy atom. The van der Waals surface area contributed by atoms with Crippen LogP contribution in [0.3, 0.4) is 0 Å². The van der Waals surface area contributed by atoms with Gasteiger partial charge in [-0.3, -0.25) is 4.90 Å². The molecule has 14 heteroatoms. The predicted octanol–water partition coefficient (Wildman–Crippen LogP) is 1.06. The van der Waals surface area contributed by atoms with E-state index >= 15 is 0 Å². The highest BCUT2D eigenvalue weighted by atomic mass is 32.2. The number of nitrogens with one attached hydrogen (secondary N) is 1. The van der Waals surface area contributed by atoms with Crippen molar-refractivity contribution in [3.63, 3.8) is 0 Å². The zero-order chi connectivity index (χ0) is 28.8. The molecule has 3 atom stereocenters. The number of aliphatic carboxylic acids is 2. The molecule has 0 amide bonds. The largest absolute Gasteiger partial charge is 0.497 e. The van der Waals surface area contributed by atoms with Gasteiger partial charge in [-0.1, -0.05) is 6.07 Å². The molecule has 0 spiro atoms. The van der Waals surface area contributed by atoms with Crippen LogP contribution in [0.4, 0.5) is 0 Å². The van der Waals surface area contributed by atoms with E-state index in [1.807, 2.05) is 6.07 Å². The van der Waals surface area contributed by atoms with Gasteiger partial charge < -0.3 is 14.9 Å². The van der Waals surface area contributed by atoms with E-state index in [1.54, 1.807) is 11.4 Å². The molecule has 0 aromatic heterocycles. The molecule has 0 unspecified atom stereocenters. The van der Waals surface area contributed by atoms with Crippen molar-refractivity contribution in [1.82, 2.24) is 13.9 Å². The Labute approximate surface area is 229 Å². The average molecular weight is 588 g/mol. The molecule has 3 heterocycles. The van der Waals surface area contributed by atoms with Gasteiger partial charge >= 0.3 is 11.9 Å². The Morgan fingerprint density at radius 3 is 2.44 bits per heavy atom. The number of piperidine rings is 2. The molecule has 0 radical (unpaired) electrons. The van der Waals surface area contributed by atoms with E-state index in [0.717, 1.165) is 50.8 Å². The maximum absolute atomic E-state index is 13.2. The summed E-state index contributed by atoms with van der Waals surface area (Å²) in [6.45, 7) is 2.64. The van der Waals surface area contributed by atoms with E-state index in [4.69, 9.17) is 14.9 Å². The molecule has 12 nitrogen and oxygen atoms in total. The second-order valence-electron chi connectivity index (χ2n) is 9.99. The third-order valence-corrected chi connectivity index (χ3v) is 9.99. The molecular formula is C25H37N3O9S2. The number of benzene rings is 1. The Kier molecular flexibility index (Phi) is 10.5. The van der Waals surface area contributed by atoms with Gasteiger partial charge in [0, 0.05) is 50.4 Å². The Balaban J connectivity index is 0.000000459. The summed E-state index contributed by atoms with van der Waals surface area (Å²) in [6.07, 6.45) is 6.23. The number of fused-ring (bicyclic) bond motifs is 4. The van der Waals surface area contributed by atoms with Crippen LogP contribution in [-0.4, -0.2) is 99.5 Å². The highest BCUT2D eigenvalue weighted by Crippen LogP contribution is 2.44. The van der Waals surface area contributed by atoms with Crippen molar-refractivity contribution in [1.29, 1.82) is 0 Å². The monoisotopic (exact) mass is 587 g/mol. The summed E-state index contributed by atoms with van der Waals surface area (Å²) in [4.78, 5) is 21.6. The van der Waals surface area contributed by atoms with Crippen molar-refractivity contribution >= 4 is 32.0 Å². The number of carboxylic acid groups (broad SMARTS) is 2. The second-order valence-corrected chi connectivity index (χ2v) is 13.9. The number of hydrogen-bond donors (Lipinski definition) is 3. The predicted molar refractivity (Wildman–Crippen MR) is 145 cm³/mol. The van der Waals surface area contributed by atoms with Gasteiger partial charge in [-0.25, -0.2) is 31.1 Å². The minimum absolute atomic E-state index is 0.0101. The Bertz CT molecular complexity index is 1270. The van der Waals surface area contributed by atoms with Crippen molar-refractivity contribution in [2.75, 3.05) is 45.3 Å². The van der Waals surface area contributed by atoms with Gasteiger partial charge in [-0.2, -0.15) is 4.31 Å². The summed E-state index contributed by atoms with van der Waals surface area (Å²) in [5.74, 6) is -1.32. The fourth-order valence-electron chi connectivity index (χ4n) is 5.63. The standard InChI is InChI=1S/C21H33N3O5S2.C4H4O4/c1-29-18-6-7-19-16(13-18)8-11-23-15-17-5-3-10-24(20(17)14-21(19)23)31(27,28)12-4-9-22-30(2,25)26;5-3(6)1-2-4(7)8/h6-7,13,17,20-22H,3-5,8-12,14-15H2,1-2H3;1-2H,(H,5,6)(H,7,8)/t17-,20+,21+;/m1./s1. The van der Waals surface area contributed by atoms with Gasteiger partial charge in [0.15, 0.2) is 0 Å². The minimum Gasteiger partial charge on any atom is -0.497 e. The normalized spacial score (nSPS) is 23.6. The van der Waals surface area contributed by atoms with Gasteiger partial charge in [0.05, 0.1) is 19.1 Å². The molecule has 0 bridgehead atoms. The number of carboxylic acids is 2. The van der Waals surface area contributed by atoms with E-state index in [2.05, 4.69) is 21.8 Å². The van der Waals surface area contributed by atoms with Crippen LogP contribution in [0.25, 0.3) is 0 Å². The maximum atomic E-state index is 13.2. The molecular weight excluding hydrogens is 550 g/mol. The molecule has 3 aliphatic rings.